The Morgan fingerprint density at radius 2 is 1.79 bits per heavy atom. The van der Waals surface area contributed by atoms with E-state index in [9.17, 15) is 13.2 Å². The molecule has 152 valence electrons. The number of carbonyl (C=O) groups is 1. The van der Waals surface area contributed by atoms with Gasteiger partial charge in [-0.3, -0.25) is 4.79 Å². The minimum absolute atomic E-state index is 0. The molecule has 8 heteroatoms. The van der Waals surface area contributed by atoms with Crippen LogP contribution >= 0.6 is 12.4 Å². The van der Waals surface area contributed by atoms with Crippen molar-refractivity contribution >= 4 is 33.8 Å². The molecular weight excluding hydrogens is 400 g/mol. The third-order valence-corrected chi connectivity index (χ3v) is 5.96. The largest absolute Gasteiger partial charge is 0.375 e. The number of halogens is 1. The van der Waals surface area contributed by atoms with Gasteiger partial charge in [0.2, 0.25) is 5.91 Å². The quantitative estimate of drug-likeness (QED) is 0.744. The summed E-state index contributed by atoms with van der Waals surface area (Å²) in [7, 11) is -3.31. The molecular formula is C20H25ClN2O4S. The van der Waals surface area contributed by atoms with Gasteiger partial charge in [-0.2, -0.15) is 0 Å². The maximum absolute atomic E-state index is 12.5. The Bertz CT molecular complexity index is 890. The molecule has 1 aliphatic rings. The van der Waals surface area contributed by atoms with Gasteiger partial charge in [-0.15, -0.1) is 12.4 Å². The predicted molar refractivity (Wildman–Crippen MR) is 112 cm³/mol. The second kappa shape index (κ2) is 10.0. The van der Waals surface area contributed by atoms with Gasteiger partial charge in [-0.25, -0.2) is 8.42 Å². The zero-order valence-corrected chi connectivity index (χ0v) is 17.3. The lowest BCUT2D eigenvalue weighted by atomic mass is 10.1. The van der Waals surface area contributed by atoms with E-state index in [1.54, 1.807) is 36.4 Å². The van der Waals surface area contributed by atoms with E-state index >= 15 is 0 Å². The number of hydrogen-bond donors (Lipinski definition) is 2. The van der Waals surface area contributed by atoms with Crippen LogP contribution in [0.4, 0.5) is 5.69 Å². The summed E-state index contributed by atoms with van der Waals surface area (Å²) in [6.07, 6.45) is -0.215. The van der Waals surface area contributed by atoms with Crippen LogP contribution in [-0.4, -0.2) is 39.6 Å². The van der Waals surface area contributed by atoms with Gasteiger partial charge < -0.3 is 15.4 Å². The molecule has 1 saturated heterocycles. The minimum atomic E-state index is -3.31. The predicted octanol–water partition coefficient (Wildman–Crippen LogP) is 2.54. The lowest BCUT2D eigenvalue weighted by Crippen LogP contribution is -2.53. The number of morpholine rings is 1. The van der Waals surface area contributed by atoms with Crippen LogP contribution in [0.15, 0.2) is 54.6 Å². The van der Waals surface area contributed by atoms with Crippen molar-refractivity contribution in [3.8, 4) is 0 Å². The molecule has 0 aliphatic carbocycles. The van der Waals surface area contributed by atoms with E-state index in [1.165, 1.54) is 0 Å². The number of nitrogens with one attached hydrogen (secondary N) is 2. The standard InChI is InChI=1S/C20H24N2O4S.ClH/c1-15-19(21-10-11-26-15)20(23)22-18-9-5-8-17(12-18)14-27(24,25)13-16-6-3-2-4-7-16;/h2-9,12,15,19,21H,10-11,13-14H2,1H3,(H,22,23);1H/t15-,19+;/m1./s1. The highest BCUT2D eigenvalue weighted by Crippen LogP contribution is 2.17. The summed E-state index contributed by atoms with van der Waals surface area (Å²) in [5.74, 6) is -0.274. The molecule has 0 spiro atoms. The number of hydrogen-bond acceptors (Lipinski definition) is 5. The summed E-state index contributed by atoms with van der Waals surface area (Å²) in [6.45, 7) is 3.06. The molecule has 1 aliphatic heterocycles. The second-order valence-corrected chi connectivity index (χ2v) is 8.78. The highest BCUT2D eigenvalue weighted by Gasteiger charge is 2.28. The summed E-state index contributed by atoms with van der Waals surface area (Å²) in [4.78, 5) is 12.4. The minimum Gasteiger partial charge on any atom is -0.375 e. The molecule has 2 aromatic carbocycles. The lowest BCUT2D eigenvalue weighted by Gasteiger charge is -2.29. The molecule has 1 fully saturated rings. The smallest absolute Gasteiger partial charge is 0.244 e. The van der Waals surface area contributed by atoms with Crippen LogP contribution in [0.25, 0.3) is 0 Å². The van der Waals surface area contributed by atoms with E-state index in [-0.39, 0.29) is 35.9 Å². The summed E-state index contributed by atoms with van der Waals surface area (Å²) < 4.78 is 30.5. The third kappa shape index (κ3) is 6.31. The maximum atomic E-state index is 12.5. The van der Waals surface area contributed by atoms with Crippen LogP contribution in [-0.2, 0) is 30.9 Å². The Labute approximate surface area is 172 Å². The average Bonchev–Trinajstić information content (AvgIpc) is 2.62. The van der Waals surface area contributed by atoms with E-state index in [2.05, 4.69) is 10.6 Å². The second-order valence-electron chi connectivity index (χ2n) is 6.72. The van der Waals surface area contributed by atoms with Gasteiger partial charge in [0.1, 0.15) is 6.04 Å². The molecule has 2 N–H and O–H groups in total. The highest BCUT2D eigenvalue weighted by molar-refractivity contribution is 7.89. The van der Waals surface area contributed by atoms with Crippen LogP contribution in [0.5, 0.6) is 0 Å². The zero-order valence-electron chi connectivity index (χ0n) is 15.6. The SMILES string of the molecule is C[C@H]1OCCN[C@@H]1C(=O)Nc1cccc(CS(=O)(=O)Cc2ccccc2)c1.Cl. The first-order valence-electron chi connectivity index (χ1n) is 8.92. The molecule has 0 saturated carbocycles. The van der Waals surface area contributed by atoms with Gasteiger partial charge in [0.15, 0.2) is 9.84 Å². The van der Waals surface area contributed by atoms with E-state index in [1.807, 2.05) is 25.1 Å². The third-order valence-electron chi connectivity index (χ3n) is 4.41. The van der Waals surface area contributed by atoms with Gasteiger partial charge >= 0.3 is 0 Å². The summed E-state index contributed by atoms with van der Waals surface area (Å²) in [5.41, 5.74) is 1.98. The fourth-order valence-corrected chi connectivity index (χ4v) is 4.61. The maximum Gasteiger partial charge on any atom is 0.244 e. The first-order chi connectivity index (χ1) is 12.9. The van der Waals surface area contributed by atoms with E-state index in [0.717, 1.165) is 5.56 Å². The molecule has 0 radical (unpaired) electrons. The molecule has 2 atom stereocenters. The molecule has 3 rings (SSSR count). The molecule has 1 amide bonds. The monoisotopic (exact) mass is 424 g/mol. The Hall–Kier alpha value is -1.93. The molecule has 2 aromatic rings. The number of sulfone groups is 1. The van der Waals surface area contributed by atoms with Crippen LogP contribution < -0.4 is 10.6 Å². The fraction of sp³-hybridized carbons (Fsp3) is 0.350. The van der Waals surface area contributed by atoms with Crippen LogP contribution in [0.2, 0.25) is 0 Å². The molecule has 0 aromatic heterocycles. The Balaban J connectivity index is 0.00000280. The lowest BCUT2D eigenvalue weighted by molar-refractivity contribution is -0.123. The van der Waals surface area contributed by atoms with Crippen molar-refractivity contribution in [2.45, 2.75) is 30.6 Å². The Morgan fingerprint density at radius 1 is 1.11 bits per heavy atom. The number of carbonyl (C=O) groups excluding carboxylic acids is 1. The van der Waals surface area contributed by atoms with E-state index < -0.39 is 15.9 Å². The van der Waals surface area contributed by atoms with E-state index in [0.29, 0.717) is 24.4 Å². The molecule has 6 nitrogen and oxygen atoms in total. The summed E-state index contributed by atoms with van der Waals surface area (Å²) in [5, 5.41) is 5.98. The molecule has 28 heavy (non-hydrogen) atoms. The van der Waals surface area contributed by atoms with E-state index in [4.69, 9.17) is 4.74 Å². The van der Waals surface area contributed by atoms with Crippen LogP contribution in [0, 0.1) is 0 Å². The van der Waals surface area contributed by atoms with Crippen LogP contribution in [0.1, 0.15) is 18.1 Å². The van der Waals surface area contributed by atoms with Gasteiger partial charge in [-0.05, 0) is 30.2 Å². The number of ether oxygens (including phenoxy) is 1. The first kappa shape index (κ1) is 22.4. The fourth-order valence-electron chi connectivity index (χ4n) is 3.12. The van der Waals surface area contributed by atoms with Crippen molar-refractivity contribution in [2.24, 2.45) is 0 Å². The van der Waals surface area contributed by atoms with Gasteiger partial charge in [0, 0.05) is 12.2 Å². The molecule has 0 unspecified atom stereocenters. The first-order valence-corrected chi connectivity index (χ1v) is 10.7. The van der Waals surface area contributed by atoms with Crippen molar-refractivity contribution in [2.75, 3.05) is 18.5 Å². The topological polar surface area (TPSA) is 84.5 Å². The van der Waals surface area contributed by atoms with Crippen molar-refractivity contribution in [1.29, 1.82) is 0 Å². The summed E-state index contributed by atoms with van der Waals surface area (Å²) >= 11 is 0. The number of amides is 1. The molecule has 1 heterocycles. The number of benzene rings is 2. The zero-order chi connectivity index (χ0) is 19.3. The van der Waals surface area contributed by atoms with Crippen molar-refractivity contribution in [1.82, 2.24) is 5.32 Å². The number of rotatable bonds is 6. The summed E-state index contributed by atoms with van der Waals surface area (Å²) in [6, 6.07) is 15.6. The molecule has 0 bridgehead atoms. The van der Waals surface area contributed by atoms with Crippen molar-refractivity contribution in [3.63, 3.8) is 0 Å². The number of anilines is 1. The van der Waals surface area contributed by atoms with Gasteiger partial charge in [0.25, 0.3) is 0 Å². The average molecular weight is 425 g/mol. The Kier molecular flexibility index (Phi) is 8.00. The normalized spacial score (nSPS) is 19.5. The Morgan fingerprint density at radius 3 is 2.50 bits per heavy atom. The van der Waals surface area contributed by atoms with Crippen molar-refractivity contribution in [3.05, 3.63) is 65.7 Å². The van der Waals surface area contributed by atoms with Crippen molar-refractivity contribution < 1.29 is 17.9 Å². The highest BCUT2D eigenvalue weighted by atomic mass is 35.5. The van der Waals surface area contributed by atoms with Gasteiger partial charge in [-0.1, -0.05) is 42.5 Å². The van der Waals surface area contributed by atoms with Gasteiger partial charge in [0.05, 0.1) is 24.2 Å². The van der Waals surface area contributed by atoms with Crippen LogP contribution in [0.3, 0.4) is 0 Å².